The van der Waals surface area contributed by atoms with Gasteiger partial charge in [-0.15, -0.1) is 0 Å². The van der Waals surface area contributed by atoms with Crippen molar-refractivity contribution in [2.24, 2.45) is 0 Å². The topological polar surface area (TPSA) is 72.2 Å². The molecular formula is C14H10BrIN2O3. The van der Waals surface area contributed by atoms with Gasteiger partial charge < -0.3 is 5.32 Å². The van der Waals surface area contributed by atoms with Crippen LogP contribution < -0.4 is 5.32 Å². The largest absolute Gasteiger partial charge is 0.321 e. The zero-order valence-corrected chi connectivity index (χ0v) is 14.6. The molecule has 0 saturated carbocycles. The van der Waals surface area contributed by atoms with E-state index in [4.69, 9.17) is 0 Å². The summed E-state index contributed by atoms with van der Waals surface area (Å²) in [7, 11) is 0. The molecule has 0 heterocycles. The Balaban J connectivity index is 2.34. The zero-order chi connectivity index (χ0) is 15.6. The second kappa shape index (κ2) is 6.52. The van der Waals surface area contributed by atoms with E-state index in [-0.39, 0.29) is 17.2 Å². The highest BCUT2D eigenvalue weighted by molar-refractivity contribution is 14.1. The molecule has 0 radical (unpaired) electrons. The number of nitro benzene ring substituents is 1. The first kappa shape index (κ1) is 15.9. The zero-order valence-electron chi connectivity index (χ0n) is 10.9. The minimum atomic E-state index is -0.518. The second-order valence-electron chi connectivity index (χ2n) is 4.36. The van der Waals surface area contributed by atoms with E-state index in [1.807, 2.05) is 47.7 Å². The molecule has 108 valence electrons. The van der Waals surface area contributed by atoms with Crippen molar-refractivity contribution in [2.75, 3.05) is 5.32 Å². The smallest absolute Gasteiger partial charge is 0.270 e. The molecule has 0 aliphatic heterocycles. The molecule has 0 aromatic heterocycles. The lowest BCUT2D eigenvalue weighted by Crippen LogP contribution is -2.14. The summed E-state index contributed by atoms with van der Waals surface area (Å²) in [4.78, 5) is 22.6. The number of hydrogen-bond donors (Lipinski definition) is 1. The second-order valence-corrected chi connectivity index (χ2v) is 6.38. The minimum Gasteiger partial charge on any atom is -0.321 e. The van der Waals surface area contributed by atoms with Crippen molar-refractivity contribution in [3.63, 3.8) is 0 Å². The molecule has 2 aromatic rings. The molecule has 0 saturated heterocycles. The number of halogens is 2. The standard InChI is InChI=1S/C14H10BrIN2O3/c1-8-2-4-11(15)13(6-8)17-14(19)10-7-9(18(20)21)3-5-12(10)16/h2-7H,1H3,(H,17,19). The molecule has 0 atom stereocenters. The van der Waals surface area contributed by atoms with E-state index in [1.54, 1.807) is 6.07 Å². The van der Waals surface area contributed by atoms with Crippen LogP contribution in [0.2, 0.25) is 0 Å². The predicted octanol–water partition coefficient (Wildman–Crippen LogP) is 4.52. The molecule has 0 spiro atoms. The van der Waals surface area contributed by atoms with Crippen LogP contribution in [-0.4, -0.2) is 10.8 Å². The number of non-ortho nitro benzene ring substituents is 1. The molecule has 0 unspecified atom stereocenters. The van der Waals surface area contributed by atoms with Gasteiger partial charge in [0.1, 0.15) is 0 Å². The summed E-state index contributed by atoms with van der Waals surface area (Å²) in [6.07, 6.45) is 0. The van der Waals surface area contributed by atoms with Crippen LogP contribution in [0.15, 0.2) is 40.9 Å². The fourth-order valence-corrected chi connectivity index (χ4v) is 2.65. The summed E-state index contributed by atoms with van der Waals surface area (Å²) in [5.74, 6) is -0.380. The van der Waals surface area contributed by atoms with E-state index < -0.39 is 4.92 Å². The van der Waals surface area contributed by atoms with Crippen LogP contribution in [0.4, 0.5) is 11.4 Å². The van der Waals surface area contributed by atoms with Crippen LogP contribution >= 0.6 is 38.5 Å². The van der Waals surface area contributed by atoms with Gasteiger partial charge in [0.25, 0.3) is 11.6 Å². The molecule has 5 nitrogen and oxygen atoms in total. The van der Waals surface area contributed by atoms with Crippen molar-refractivity contribution in [1.29, 1.82) is 0 Å². The summed E-state index contributed by atoms with van der Waals surface area (Å²) < 4.78 is 1.40. The SMILES string of the molecule is Cc1ccc(Br)c(NC(=O)c2cc([N+](=O)[O-])ccc2I)c1. The normalized spacial score (nSPS) is 10.2. The van der Waals surface area contributed by atoms with E-state index in [9.17, 15) is 14.9 Å². The quantitative estimate of drug-likeness (QED) is 0.415. The summed E-state index contributed by atoms with van der Waals surface area (Å²) in [6.45, 7) is 1.92. The number of nitrogens with one attached hydrogen (secondary N) is 1. The number of rotatable bonds is 3. The van der Waals surface area contributed by atoms with E-state index in [1.165, 1.54) is 12.1 Å². The van der Waals surface area contributed by atoms with Crippen molar-refractivity contribution in [2.45, 2.75) is 6.92 Å². The molecule has 0 aliphatic rings. The maximum absolute atomic E-state index is 12.3. The van der Waals surface area contributed by atoms with Gasteiger partial charge in [-0.05, 0) is 69.2 Å². The summed E-state index contributed by atoms with van der Waals surface area (Å²) in [5.41, 5.74) is 1.80. The molecule has 7 heteroatoms. The number of amides is 1. The van der Waals surface area contributed by atoms with Crippen LogP contribution in [0.25, 0.3) is 0 Å². The van der Waals surface area contributed by atoms with Gasteiger partial charge >= 0.3 is 0 Å². The Morgan fingerprint density at radius 1 is 1.29 bits per heavy atom. The highest BCUT2D eigenvalue weighted by Crippen LogP contribution is 2.25. The summed E-state index contributed by atoms with van der Waals surface area (Å²) in [5, 5.41) is 13.6. The first-order valence-electron chi connectivity index (χ1n) is 5.90. The Hall–Kier alpha value is -1.48. The van der Waals surface area contributed by atoms with Crippen LogP contribution in [0.1, 0.15) is 15.9 Å². The molecule has 2 aromatic carbocycles. The van der Waals surface area contributed by atoms with Crippen LogP contribution in [0, 0.1) is 20.6 Å². The molecule has 1 amide bonds. The van der Waals surface area contributed by atoms with Gasteiger partial charge in [0.2, 0.25) is 0 Å². The first-order valence-corrected chi connectivity index (χ1v) is 7.77. The monoisotopic (exact) mass is 460 g/mol. The first-order chi connectivity index (χ1) is 9.88. The van der Waals surface area contributed by atoms with Gasteiger partial charge in [0.15, 0.2) is 0 Å². The molecule has 0 fully saturated rings. The summed E-state index contributed by atoms with van der Waals surface area (Å²) >= 11 is 5.34. The van der Waals surface area contributed by atoms with Crippen molar-refractivity contribution < 1.29 is 9.72 Å². The third-order valence-corrected chi connectivity index (χ3v) is 4.41. The van der Waals surface area contributed by atoms with Crippen LogP contribution in [0.5, 0.6) is 0 Å². The fourth-order valence-electron chi connectivity index (χ4n) is 1.73. The van der Waals surface area contributed by atoms with E-state index in [0.29, 0.717) is 9.26 Å². The van der Waals surface area contributed by atoms with E-state index in [0.717, 1.165) is 10.0 Å². The Morgan fingerprint density at radius 2 is 2.00 bits per heavy atom. The van der Waals surface area contributed by atoms with Gasteiger partial charge in [-0.2, -0.15) is 0 Å². The maximum Gasteiger partial charge on any atom is 0.270 e. The Kier molecular flexibility index (Phi) is 4.94. The Labute approximate surface area is 143 Å². The lowest BCUT2D eigenvalue weighted by atomic mass is 10.1. The number of carbonyl (C=O) groups is 1. The van der Waals surface area contributed by atoms with Crippen LogP contribution in [0.3, 0.4) is 0 Å². The average molecular weight is 461 g/mol. The average Bonchev–Trinajstić information content (AvgIpc) is 2.43. The number of anilines is 1. The third-order valence-electron chi connectivity index (χ3n) is 2.78. The van der Waals surface area contributed by atoms with E-state index >= 15 is 0 Å². The summed E-state index contributed by atoms with van der Waals surface area (Å²) in [6, 6.07) is 9.78. The van der Waals surface area contributed by atoms with Gasteiger partial charge in [-0.1, -0.05) is 6.07 Å². The van der Waals surface area contributed by atoms with Crippen molar-refractivity contribution in [1.82, 2.24) is 0 Å². The number of hydrogen-bond acceptors (Lipinski definition) is 3. The van der Waals surface area contributed by atoms with Gasteiger partial charge in [-0.3, -0.25) is 14.9 Å². The van der Waals surface area contributed by atoms with Gasteiger partial charge in [0, 0.05) is 20.2 Å². The van der Waals surface area contributed by atoms with Gasteiger partial charge in [0.05, 0.1) is 16.2 Å². The fraction of sp³-hybridized carbons (Fsp3) is 0.0714. The molecule has 21 heavy (non-hydrogen) atoms. The number of nitrogens with zero attached hydrogens (tertiary/aromatic N) is 1. The minimum absolute atomic E-state index is 0.108. The molecule has 2 rings (SSSR count). The highest BCUT2D eigenvalue weighted by Gasteiger charge is 2.16. The lowest BCUT2D eigenvalue weighted by Gasteiger charge is -2.09. The predicted molar refractivity (Wildman–Crippen MR) is 92.6 cm³/mol. The number of aryl methyl sites for hydroxylation is 1. The maximum atomic E-state index is 12.3. The molecule has 0 aliphatic carbocycles. The Bertz CT molecular complexity index is 734. The van der Waals surface area contributed by atoms with Crippen LogP contribution in [-0.2, 0) is 0 Å². The third kappa shape index (κ3) is 3.79. The lowest BCUT2D eigenvalue weighted by molar-refractivity contribution is -0.384. The Morgan fingerprint density at radius 3 is 2.67 bits per heavy atom. The number of carbonyl (C=O) groups excluding carboxylic acids is 1. The van der Waals surface area contributed by atoms with Crippen molar-refractivity contribution >= 4 is 55.8 Å². The van der Waals surface area contributed by atoms with E-state index in [2.05, 4.69) is 21.2 Å². The highest BCUT2D eigenvalue weighted by atomic mass is 127. The van der Waals surface area contributed by atoms with Gasteiger partial charge in [-0.25, -0.2) is 0 Å². The molecular weight excluding hydrogens is 451 g/mol. The van der Waals surface area contributed by atoms with Crippen molar-refractivity contribution in [3.05, 3.63) is 65.7 Å². The molecule has 0 bridgehead atoms. The molecule has 1 N–H and O–H groups in total. The number of benzene rings is 2. The van der Waals surface area contributed by atoms with Crippen molar-refractivity contribution in [3.8, 4) is 0 Å². The number of nitro groups is 1.